The van der Waals surface area contributed by atoms with Gasteiger partial charge in [0.15, 0.2) is 0 Å². The summed E-state index contributed by atoms with van der Waals surface area (Å²) in [7, 11) is 0. The minimum Gasteiger partial charge on any atom is -0.366 e. The second-order valence-electron chi connectivity index (χ2n) is 6.41. The summed E-state index contributed by atoms with van der Waals surface area (Å²) in [4.78, 5) is 28.0. The van der Waals surface area contributed by atoms with E-state index in [9.17, 15) is 14.0 Å². The average molecular weight is 355 g/mol. The molecule has 0 spiro atoms. The van der Waals surface area contributed by atoms with Crippen molar-refractivity contribution in [1.29, 1.82) is 0 Å². The molecule has 5 nitrogen and oxygen atoms in total. The molecule has 1 aliphatic heterocycles. The van der Waals surface area contributed by atoms with Gasteiger partial charge in [-0.15, -0.1) is 0 Å². The highest BCUT2D eigenvalue weighted by Crippen LogP contribution is 2.20. The monoisotopic (exact) mass is 355 g/mol. The van der Waals surface area contributed by atoms with Gasteiger partial charge in [0.25, 0.3) is 0 Å². The van der Waals surface area contributed by atoms with Gasteiger partial charge in [0, 0.05) is 31.9 Å². The second kappa shape index (κ2) is 7.99. The van der Waals surface area contributed by atoms with Crippen LogP contribution in [0.25, 0.3) is 0 Å². The van der Waals surface area contributed by atoms with Crippen molar-refractivity contribution in [3.63, 3.8) is 0 Å². The van der Waals surface area contributed by atoms with E-state index in [2.05, 4.69) is 5.32 Å². The molecule has 0 unspecified atom stereocenters. The quantitative estimate of drug-likeness (QED) is 0.858. The maximum atomic E-state index is 13.9. The Labute approximate surface area is 152 Å². The molecule has 0 radical (unpaired) electrons. The predicted octanol–water partition coefficient (Wildman–Crippen LogP) is 2.81. The van der Waals surface area contributed by atoms with Gasteiger partial charge < -0.3 is 15.1 Å². The lowest BCUT2D eigenvalue weighted by Gasteiger charge is -2.36. The fourth-order valence-electron chi connectivity index (χ4n) is 3.00. The number of rotatable bonds is 4. The van der Waals surface area contributed by atoms with Crippen LogP contribution < -0.4 is 10.2 Å². The highest BCUT2D eigenvalue weighted by Gasteiger charge is 2.24. The first kappa shape index (κ1) is 17.9. The maximum Gasteiger partial charge on any atom is 0.233 e. The number of nitrogens with one attached hydrogen (secondary N) is 1. The van der Waals surface area contributed by atoms with Gasteiger partial charge in [0.2, 0.25) is 11.8 Å². The van der Waals surface area contributed by atoms with Crippen molar-refractivity contribution >= 4 is 23.2 Å². The second-order valence-corrected chi connectivity index (χ2v) is 6.41. The van der Waals surface area contributed by atoms with Crippen LogP contribution in [0.4, 0.5) is 15.8 Å². The van der Waals surface area contributed by atoms with Crippen LogP contribution in [0.2, 0.25) is 0 Å². The number of carbonyl (C=O) groups excluding carboxylic acids is 2. The zero-order chi connectivity index (χ0) is 18.5. The molecule has 0 bridgehead atoms. The molecule has 1 heterocycles. The average Bonchev–Trinajstić information content (AvgIpc) is 2.64. The van der Waals surface area contributed by atoms with E-state index in [0.29, 0.717) is 37.6 Å². The number of hydrogen-bond acceptors (Lipinski definition) is 3. The van der Waals surface area contributed by atoms with Crippen LogP contribution in [0.3, 0.4) is 0 Å². The third-order valence-corrected chi connectivity index (χ3v) is 4.47. The molecule has 1 saturated heterocycles. The molecule has 6 heteroatoms. The number of halogens is 1. The molecule has 2 amide bonds. The Bertz CT molecular complexity index is 784. The van der Waals surface area contributed by atoms with Crippen molar-refractivity contribution in [2.24, 2.45) is 0 Å². The third-order valence-electron chi connectivity index (χ3n) is 4.47. The molecule has 26 heavy (non-hydrogen) atoms. The summed E-state index contributed by atoms with van der Waals surface area (Å²) in [6.45, 7) is 4.02. The molecule has 2 aromatic carbocycles. The SMILES string of the molecule is Cc1ccc(NC(=O)CC(=O)N2CCN(c3ccccc3F)CC2)cc1. The summed E-state index contributed by atoms with van der Waals surface area (Å²) in [6.07, 6.45) is -0.187. The van der Waals surface area contributed by atoms with Crippen LogP contribution in [-0.2, 0) is 9.59 Å². The first-order chi connectivity index (χ1) is 12.5. The Kier molecular flexibility index (Phi) is 5.51. The van der Waals surface area contributed by atoms with E-state index < -0.39 is 0 Å². The number of nitrogens with zero attached hydrogens (tertiary/aromatic N) is 2. The van der Waals surface area contributed by atoms with Gasteiger partial charge in [-0.1, -0.05) is 29.8 Å². The van der Waals surface area contributed by atoms with Gasteiger partial charge >= 0.3 is 0 Å². The zero-order valence-electron chi connectivity index (χ0n) is 14.7. The fraction of sp³-hybridized carbons (Fsp3) is 0.300. The molecule has 0 saturated carbocycles. The van der Waals surface area contributed by atoms with Crippen LogP contribution in [0.5, 0.6) is 0 Å². The Morgan fingerprint density at radius 3 is 2.31 bits per heavy atom. The molecule has 1 aliphatic rings. The van der Waals surface area contributed by atoms with E-state index in [1.54, 1.807) is 23.1 Å². The Morgan fingerprint density at radius 1 is 1.00 bits per heavy atom. The van der Waals surface area contributed by atoms with Gasteiger partial charge in [-0.2, -0.15) is 0 Å². The number of aryl methyl sites for hydroxylation is 1. The van der Waals surface area contributed by atoms with Crippen molar-refractivity contribution in [1.82, 2.24) is 4.90 Å². The van der Waals surface area contributed by atoms with Crippen molar-refractivity contribution in [2.45, 2.75) is 13.3 Å². The van der Waals surface area contributed by atoms with Crippen LogP contribution >= 0.6 is 0 Å². The molecule has 2 aromatic rings. The van der Waals surface area contributed by atoms with Gasteiger partial charge in [-0.05, 0) is 31.2 Å². The molecule has 3 rings (SSSR count). The van der Waals surface area contributed by atoms with E-state index in [4.69, 9.17) is 0 Å². The van der Waals surface area contributed by atoms with Gasteiger partial charge in [-0.3, -0.25) is 9.59 Å². The number of amides is 2. The van der Waals surface area contributed by atoms with Crippen molar-refractivity contribution in [3.05, 3.63) is 59.9 Å². The van der Waals surface area contributed by atoms with Crippen molar-refractivity contribution < 1.29 is 14.0 Å². The van der Waals surface area contributed by atoms with E-state index in [-0.39, 0.29) is 24.1 Å². The number of hydrogen-bond donors (Lipinski definition) is 1. The molecule has 1 fully saturated rings. The topological polar surface area (TPSA) is 52.7 Å². The predicted molar refractivity (Wildman–Crippen MR) is 99.6 cm³/mol. The highest BCUT2D eigenvalue weighted by molar-refractivity contribution is 6.03. The summed E-state index contributed by atoms with van der Waals surface area (Å²) >= 11 is 0. The third kappa shape index (κ3) is 4.39. The van der Waals surface area contributed by atoms with E-state index >= 15 is 0 Å². The first-order valence-corrected chi connectivity index (χ1v) is 8.67. The normalized spacial score (nSPS) is 14.2. The largest absolute Gasteiger partial charge is 0.366 e. The lowest BCUT2D eigenvalue weighted by molar-refractivity contribution is -0.134. The standard InChI is InChI=1S/C20H22FN3O2/c1-15-6-8-16(9-7-15)22-19(25)14-20(26)24-12-10-23(11-13-24)18-5-3-2-4-17(18)21/h2-9H,10-14H2,1H3,(H,22,25). The van der Waals surface area contributed by atoms with Crippen LogP contribution in [0, 0.1) is 12.7 Å². The summed E-state index contributed by atoms with van der Waals surface area (Å²) in [5.74, 6) is -0.789. The van der Waals surface area contributed by atoms with Crippen molar-refractivity contribution in [2.75, 3.05) is 36.4 Å². The van der Waals surface area contributed by atoms with Gasteiger partial charge in [0.1, 0.15) is 12.2 Å². The molecule has 136 valence electrons. The number of carbonyl (C=O) groups is 2. The Hall–Kier alpha value is -2.89. The minimum atomic E-state index is -0.324. The molecular formula is C20H22FN3O2. The van der Waals surface area contributed by atoms with Crippen LogP contribution in [0.1, 0.15) is 12.0 Å². The Morgan fingerprint density at radius 2 is 1.65 bits per heavy atom. The summed E-state index contributed by atoms with van der Waals surface area (Å²) in [5.41, 5.74) is 2.33. The summed E-state index contributed by atoms with van der Waals surface area (Å²) in [6, 6.07) is 14.1. The van der Waals surface area contributed by atoms with Crippen LogP contribution in [0.15, 0.2) is 48.5 Å². The number of piperazine rings is 1. The zero-order valence-corrected chi connectivity index (χ0v) is 14.7. The Balaban J connectivity index is 1.49. The van der Waals surface area contributed by atoms with Gasteiger partial charge in [0.05, 0.1) is 5.69 Å². The fourth-order valence-corrected chi connectivity index (χ4v) is 3.00. The lowest BCUT2D eigenvalue weighted by Crippen LogP contribution is -2.49. The molecule has 1 N–H and O–H groups in total. The number of para-hydroxylation sites is 1. The van der Waals surface area contributed by atoms with Crippen LogP contribution in [-0.4, -0.2) is 42.9 Å². The molecule has 0 aromatic heterocycles. The number of anilines is 2. The summed E-state index contributed by atoms with van der Waals surface area (Å²) in [5, 5.41) is 2.73. The molecule has 0 aliphatic carbocycles. The van der Waals surface area contributed by atoms with E-state index in [0.717, 1.165) is 5.56 Å². The van der Waals surface area contributed by atoms with E-state index in [1.807, 2.05) is 36.1 Å². The minimum absolute atomic E-state index is 0.187. The van der Waals surface area contributed by atoms with E-state index in [1.165, 1.54) is 6.07 Å². The molecular weight excluding hydrogens is 333 g/mol. The number of benzene rings is 2. The summed E-state index contributed by atoms with van der Waals surface area (Å²) < 4.78 is 13.9. The van der Waals surface area contributed by atoms with Gasteiger partial charge in [-0.25, -0.2) is 4.39 Å². The smallest absolute Gasteiger partial charge is 0.233 e. The maximum absolute atomic E-state index is 13.9. The van der Waals surface area contributed by atoms with Crippen molar-refractivity contribution in [3.8, 4) is 0 Å². The first-order valence-electron chi connectivity index (χ1n) is 8.67. The highest BCUT2D eigenvalue weighted by atomic mass is 19.1. The lowest BCUT2D eigenvalue weighted by atomic mass is 10.2. The molecule has 0 atom stereocenters.